The molecular weight excluding hydrogens is 316 g/mol. The van der Waals surface area contributed by atoms with Crippen LogP contribution in [0.4, 0.5) is 5.69 Å². The number of phenols is 1. The first kappa shape index (κ1) is 15.6. The number of phenolic OH excluding ortho intramolecular Hbond substituents is 1. The number of aromatic hydroxyl groups is 2. The van der Waals surface area contributed by atoms with E-state index in [4.69, 9.17) is 0 Å². The second kappa shape index (κ2) is 5.84. The number of fused-ring (bicyclic) bond motifs is 1. The summed E-state index contributed by atoms with van der Waals surface area (Å²) in [4.78, 5) is 16.9. The number of H-pyrrole nitrogens is 1. The summed E-state index contributed by atoms with van der Waals surface area (Å²) in [6.07, 6.45) is 2.45. The Morgan fingerprint density at radius 1 is 1.08 bits per heavy atom. The van der Waals surface area contributed by atoms with Gasteiger partial charge >= 0.3 is 0 Å². The van der Waals surface area contributed by atoms with E-state index in [2.05, 4.69) is 22.0 Å². The number of aromatic amines is 1. The van der Waals surface area contributed by atoms with Gasteiger partial charge in [0.2, 0.25) is 5.88 Å². The average molecular weight is 336 g/mol. The Balaban J connectivity index is 1.79. The van der Waals surface area contributed by atoms with Gasteiger partial charge in [-0.1, -0.05) is 12.1 Å². The number of benzene rings is 2. The fraction of sp³-hybridized carbons (Fsp3) is 0.250. The van der Waals surface area contributed by atoms with Gasteiger partial charge in [0.15, 0.2) is 5.78 Å². The molecular formula is C20H20N2O3. The Hall–Kier alpha value is -2.95. The summed E-state index contributed by atoms with van der Waals surface area (Å²) in [7, 11) is 0. The largest absolute Gasteiger partial charge is 0.507 e. The predicted octanol–water partition coefficient (Wildman–Crippen LogP) is 4.05. The van der Waals surface area contributed by atoms with Crippen LogP contribution >= 0.6 is 0 Å². The maximum atomic E-state index is 11.8. The lowest BCUT2D eigenvalue weighted by molar-refractivity contribution is 0.101. The molecule has 0 amide bonds. The first-order valence-corrected chi connectivity index (χ1v) is 8.48. The van der Waals surface area contributed by atoms with Gasteiger partial charge < -0.3 is 20.1 Å². The van der Waals surface area contributed by atoms with Crippen LogP contribution in [0.5, 0.6) is 11.6 Å². The summed E-state index contributed by atoms with van der Waals surface area (Å²) in [5.41, 5.74) is 3.49. The minimum Gasteiger partial charge on any atom is -0.507 e. The van der Waals surface area contributed by atoms with Crippen LogP contribution < -0.4 is 4.90 Å². The van der Waals surface area contributed by atoms with Crippen molar-refractivity contribution in [2.45, 2.75) is 19.8 Å². The monoisotopic (exact) mass is 336 g/mol. The van der Waals surface area contributed by atoms with Gasteiger partial charge in [-0.25, -0.2) is 0 Å². The van der Waals surface area contributed by atoms with E-state index in [0.717, 1.165) is 18.7 Å². The number of hydrogen-bond donors (Lipinski definition) is 3. The number of ketones is 1. The van der Waals surface area contributed by atoms with Gasteiger partial charge in [-0.2, -0.15) is 0 Å². The van der Waals surface area contributed by atoms with E-state index in [0.29, 0.717) is 16.5 Å². The Kier molecular flexibility index (Phi) is 3.64. The second-order valence-corrected chi connectivity index (χ2v) is 6.56. The highest BCUT2D eigenvalue weighted by Gasteiger charge is 2.18. The van der Waals surface area contributed by atoms with Crippen molar-refractivity contribution in [1.82, 2.24) is 4.98 Å². The Morgan fingerprint density at radius 3 is 2.40 bits per heavy atom. The maximum Gasteiger partial charge on any atom is 0.200 e. The summed E-state index contributed by atoms with van der Waals surface area (Å²) in [6, 6.07) is 11.4. The molecule has 2 aromatic carbocycles. The maximum absolute atomic E-state index is 11.8. The first-order chi connectivity index (χ1) is 12.0. The molecule has 5 heteroatoms. The van der Waals surface area contributed by atoms with Crippen molar-refractivity contribution in [3.63, 3.8) is 0 Å². The van der Waals surface area contributed by atoms with E-state index in [1.54, 1.807) is 12.1 Å². The van der Waals surface area contributed by atoms with E-state index in [1.807, 2.05) is 12.1 Å². The van der Waals surface area contributed by atoms with Crippen molar-refractivity contribution >= 4 is 22.4 Å². The molecule has 3 aromatic rings. The Bertz CT molecular complexity index is 951. The molecule has 1 aromatic heterocycles. The average Bonchev–Trinajstić information content (AvgIpc) is 3.21. The lowest BCUT2D eigenvalue weighted by atomic mass is 10.00. The van der Waals surface area contributed by atoms with Crippen LogP contribution in [0.2, 0.25) is 0 Å². The minimum absolute atomic E-state index is 0.109. The number of rotatable bonds is 3. The molecule has 5 nitrogen and oxygen atoms in total. The second-order valence-electron chi connectivity index (χ2n) is 6.56. The fourth-order valence-electron chi connectivity index (χ4n) is 3.63. The van der Waals surface area contributed by atoms with E-state index < -0.39 is 0 Å². The predicted molar refractivity (Wildman–Crippen MR) is 98.5 cm³/mol. The van der Waals surface area contributed by atoms with Gasteiger partial charge in [0.1, 0.15) is 5.75 Å². The summed E-state index contributed by atoms with van der Waals surface area (Å²) in [5, 5.41) is 20.9. The molecule has 0 radical (unpaired) electrons. The zero-order valence-corrected chi connectivity index (χ0v) is 14.0. The summed E-state index contributed by atoms with van der Waals surface area (Å²) >= 11 is 0. The molecule has 128 valence electrons. The van der Waals surface area contributed by atoms with Crippen molar-refractivity contribution < 1.29 is 15.0 Å². The van der Waals surface area contributed by atoms with E-state index in [1.165, 1.54) is 25.5 Å². The van der Waals surface area contributed by atoms with Gasteiger partial charge in [-0.05, 0) is 43.5 Å². The summed E-state index contributed by atoms with van der Waals surface area (Å²) in [5.74, 6) is -0.272. The smallest absolute Gasteiger partial charge is 0.200 e. The molecule has 1 fully saturated rings. The van der Waals surface area contributed by atoms with Gasteiger partial charge in [-0.15, -0.1) is 0 Å². The van der Waals surface area contributed by atoms with Crippen molar-refractivity contribution in [1.29, 1.82) is 0 Å². The first-order valence-electron chi connectivity index (χ1n) is 8.48. The molecule has 0 unspecified atom stereocenters. The van der Waals surface area contributed by atoms with Gasteiger partial charge in [0.05, 0.1) is 11.1 Å². The number of aromatic nitrogens is 1. The number of Topliss-reactive ketones (excluding diaryl/α,β-unsaturated/α-hetero) is 1. The molecule has 3 N–H and O–H groups in total. The van der Waals surface area contributed by atoms with Crippen molar-refractivity contribution in [3.8, 4) is 22.8 Å². The highest BCUT2D eigenvalue weighted by molar-refractivity contribution is 6.10. The van der Waals surface area contributed by atoms with Crippen molar-refractivity contribution in [2.75, 3.05) is 18.0 Å². The molecule has 1 aliphatic heterocycles. The SMILES string of the molecule is CC(=O)c1c(O)[nH]c2cc(O)c(-c3ccc(N4CCCC4)cc3)cc12. The van der Waals surface area contributed by atoms with E-state index in [-0.39, 0.29) is 23.0 Å². The van der Waals surface area contributed by atoms with Crippen LogP contribution in [0.1, 0.15) is 30.1 Å². The molecule has 1 aliphatic rings. The van der Waals surface area contributed by atoms with Crippen LogP contribution in [-0.4, -0.2) is 34.1 Å². The number of anilines is 1. The van der Waals surface area contributed by atoms with Crippen LogP contribution in [0.3, 0.4) is 0 Å². The number of hydrogen-bond acceptors (Lipinski definition) is 4. The van der Waals surface area contributed by atoms with E-state index in [9.17, 15) is 15.0 Å². The third-order valence-corrected chi connectivity index (χ3v) is 4.90. The van der Waals surface area contributed by atoms with Gasteiger partial charge in [0, 0.05) is 35.8 Å². The van der Waals surface area contributed by atoms with Crippen molar-refractivity contribution in [2.24, 2.45) is 0 Å². The molecule has 0 spiro atoms. The summed E-state index contributed by atoms with van der Waals surface area (Å²) < 4.78 is 0. The Morgan fingerprint density at radius 2 is 1.76 bits per heavy atom. The zero-order chi connectivity index (χ0) is 17.6. The third kappa shape index (κ3) is 2.61. The van der Waals surface area contributed by atoms with Crippen LogP contribution in [0.15, 0.2) is 36.4 Å². The van der Waals surface area contributed by atoms with E-state index >= 15 is 0 Å². The number of carbonyl (C=O) groups excluding carboxylic acids is 1. The molecule has 0 saturated carbocycles. The van der Waals surface area contributed by atoms with Crippen LogP contribution in [0.25, 0.3) is 22.0 Å². The highest BCUT2D eigenvalue weighted by atomic mass is 16.3. The third-order valence-electron chi connectivity index (χ3n) is 4.90. The summed E-state index contributed by atoms with van der Waals surface area (Å²) in [6.45, 7) is 3.59. The molecule has 0 bridgehead atoms. The van der Waals surface area contributed by atoms with Crippen LogP contribution in [-0.2, 0) is 0 Å². The number of nitrogens with one attached hydrogen (secondary N) is 1. The van der Waals surface area contributed by atoms with Crippen molar-refractivity contribution in [3.05, 3.63) is 42.0 Å². The van der Waals surface area contributed by atoms with Gasteiger partial charge in [0.25, 0.3) is 0 Å². The molecule has 2 heterocycles. The molecule has 1 saturated heterocycles. The fourth-order valence-corrected chi connectivity index (χ4v) is 3.63. The zero-order valence-electron chi connectivity index (χ0n) is 14.0. The minimum atomic E-state index is -0.218. The lowest BCUT2D eigenvalue weighted by Crippen LogP contribution is -2.17. The number of nitrogens with zero attached hydrogens (tertiary/aromatic N) is 1. The molecule has 4 rings (SSSR count). The van der Waals surface area contributed by atoms with Gasteiger partial charge in [-0.3, -0.25) is 4.79 Å². The number of carbonyl (C=O) groups is 1. The molecule has 0 atom stereocenters. The quantitative estimate of drug-likeness (QED) is 0.631. The standard InChI is InChI=1S/C20H20N2O3/c1-12(23)19-16-10-15(18(24)11-17(16)21-20(19)25)13-4-6-14(7-5-13)22-8-2-3-9-22/h4-7,10-11,21,24-25H,2-3,8-9H2,1H3. The Labute approximate surface area is 145 Å². The lowest BCUT2D eigenvalue weighted by Gasteiger charge is -2.18. The molecule has 25 heavy (non-hydrogen) atoms. The normalized spacial score (nSPS) is 14.4. The topological polar surface area (TPSA) is 76.6 Å². The molecule has 0 aliphatic carbocycles. The van der Waals surface area contributed by atoms with Crippen LogP contribution in [0, 0.1) is 0 Å². The highest BCUT2D eigenvalue weighted by Crippen LogP contribution is 2.38.